The minimum atomic E-state index is 0.345. The monoisotopic (exact) mass is 368 g/mol. The van der Waals surface area contributed by atoms with Gasteiger partial charge in [0, 0.05) is 35.9 Å². The van der Waals surface area contributed by atoms with Crippen LogP contribution in [0.25, 0.3) is 0 Å². The average Bonchev–Trinajstić information content (AvgIpc) is 3.27. The standard InChI is InChI=1S/C20H24N4OS/c1-14-11-18(15(2)24(14)12-17-9-6-10-25-17)19-13-26-20(23-22-19)21-16-7-4-3-5-8-16/h3-5,7-8,11,17H,6,9-10,12-13H2,1-2H3,(H,21,23). The normalized spacial score (nSPS) is 21.7. The molecule has 0 aliphatic carbocycles. The van der Waals surface area contributed by atoms with Gasteiger partial charge in [-0.1, -0.05) is 30.0 Å². The number of hydrazone groups is 1. The molecule has 1 unspecified atom stereocenters. The number of amidine groups is 1. The van der Waals surface area contributed by atoms with E-state index in [1.807, 2.05) is 30.3 Å². The largest absolute Gasteiger partial charge is 0.376 e. The van der Waals surface area contributed by atoms with Crippen LogP contribution in [-0.2, 0) is 11.3 Å². The fraction of sp³-hybridized carbons (Fsp3) is 0.400. The van der Waals surface area contributed by atoms with Gasteiger partial charge in [0.25, 0.3) is 0 Å². The van der Waals surface area contributed by atoms with Crippen molar-refractivity contribution in [3.05, 3.63) is 53.3 Å². The molecule has 1 aromatic heterocycles. The number of hydrogen-bond donors (Lipinski definition) is 1. The summed E-state index contributed by atoms with van der Waals surface area (Å²) < 4.78 is 8.18. The first-order chi connectivity index (χ1) is 12.7. The van der Waals surface area contributed by atoms with Gasteiger partial charge in [0.1, 0.15) is 0 Å². The second-order valence-corrected chi connectivity index (χ2v) is 7.71. The molecule has 5 nitrogen and oxygen atoms in total. The molecule has 2 aromatic rings. The van der Waals surface area contributed by atoms with Gasteiger partial charge in [0.2, 0.25) is 0 Å². The molecule has 0 amide bonds. The molecule has 2 aliphatic rings. The van der Waals surface area contributed by atoms with Gasteiger partial charge in [-0.25, -0.2) is 4.99 Å². The third kappa shape index (κ3) is 3.71. The Morgan fingerprint density at radius 2 is 2.15 bits per heavy atom. The third-order valence-corrected chi connectivity index (χ3v) is 5.79. The molecule has 3 heterocycles. The number of para-hydroxylation sites is 1. The van der Waals surface area contributed by atoms with E-state index in [4.69, 9.17) is 4.74 Å². The smallest absolute Gasteiger partial charge is 0.182 e. The van der Waals surface area contributed by atoms with Crippen LogP contribution in [0.2, 0.25) is 0 Å². The Morgan fingerprint density at radius 3 is 2.85 bits per heavy atom. The summed E-state index contributed by atoms with van der Waals surface area (Å²) in [4.78, 5) is 4.60. The van der Waals surface area contributed by atoms with E-state index >= 15 is 0 Å². The highest BCUT2D eigenvalue weighted by atomic mass is 32.2. The van der Waals surface area contributed by atoms with Gasteiger partial charge in [0.15, 0.2) is 5.17 Å². The summed E-state index contributed by atoms with van der Waals surface area (Å²) in [6, 6.07) is 12.2. The Morgan fingerprint density at radius 1 is 1.31 bits per heavy atom. The molecule has 0 radical (unpaired) electrons. The summed E-state index contributed by atoms with van der Waals surface area (Å²) in [5.41, 5.74) is 8.89. The highest BCUT2D eigenvalue weighted by molar-refractivity contribution is 8.14. The molecule has 1 fully saturated rings. The van der Waals surface area contributed by atoms with Crippen LogP contribution in [0.1, 0.15) is 29.8 Å². The lowest BCUT2D eigenvalue weighted by molar-refractivity contribution is 0.0962. The number of aromatic nitrogens is 1. The zero-order valence-corrected chi connectivity index (χ0v) is 16.1. The quantitative estimate of drug-likeness (QED) is 0.887. The van der Waals surface area contributed by atoms with Crippen LogP contribution in [0.4, 0.5) is 5.69 Å². The number of aliphatic imine (C=N–C) groups is 1. The molecular weight excluding hydrogens is 344 g/mol. The molecular formula is C20H24N4OS. The van der Waals surface area contributed by atoms with Gasteiger partial charge in [0.05, 0.1) is 17.5 Å². The summed E-state index contributed by atoms with van der Waals surface area (Å²) in [7, 11) is 0. The Bertz CT molecular complexity index is 835. The van der Waals surface area contributed by atoms with Crippen molar-refractivity contribution in [3.63, 3.8) is 0 Å². The van der Waals surface area contributed by atoms with Crippen LogP contribution in [0.5, 0.6) is 0 Å². The number of rotatable bonds is 4. The highest BCUT2D eigenvalue weighted by Crippen LogP contribution is 2.24. The van der Waals surface area contributed by atoms with Gasteiger partial charge >= 0.3 is 0 Å². The van der Waals surface area contributed by atoms with E-state index < -0.39 is 0 Å². The molecule has 1 N–H and O–H groups in total. The molecule has 136 valence electrons. The molecule has 2 aliphatic heterocycles. The Balaban J connectivity index is 1.51. The minimum absolute atomic E-state index is 0.345. The van der Waals surface area contributed by atoms with Gasteiger partial charge in [-0.15, -0.1) is 0 Å². The summed E-state index contributed by atoms with van der Waals surface area (Å²) in [5.74, 6) is 0.822. The molecule has 1 atom stereocenters. The van der Waals surface area contributed by atoms with Crippen LogP contribution in [0, 0.1) is 13.8 Å². The number of benzene rings is 1. The minimum Gasteiger partial charge on any atom is -0.376 e. The fourth-order valence-electron chi connectivity index (χ4n) is 3.50. The number of aryl methyl sites for hydroxylation is 1. The van der Waals surface area contributed by atoms with E-state index in [1.54, 1.807) is 11.8 Å². The average molecular weight is 369 g/mol. The summed E-state index contributed by atoms with van der Waals surface area (Å²) in [6.07, 6.45) is 2.68. The molecule has 1 aromatic carbocycles. The van der Waals surface area contributed by atoms with Crippen LogP contribution in [-0.4, -0.2) is 33.9 Å². The second kappa shape index (κ2) is 7.68. The fourth-order valence-corrected chi connectivity index (χ4v) is 4.27. The van der Waals surface area contributed by atoms with Crippen molar-refractivity contribution >= 4 is 28.3 Å². The maximum absolute atomic E-state index is 5.81. The predicted octanol–water partition coefficient (Wildman–Crippen LogP) is 4.01. The number of ether oxygens (including phenoxy) is 1. The molecule has 0 bridgehead atoms. The molecule has 0 spiro atoms. The lowest BCUT2D eigenvalue weighted by Gasteiger charge is -2.17. The zero-order valence-electron chi connectivity index (χ0n) is 15.2. The molecule has 26 heavy (non-hydrogen) atoms. The van der Waals surface area contributed by atoms with Crippen molar-refractivity contribution in [1.82, 2.24) is 9.99 Å². The van der Waals surface area contributed by atoms with Gasteiger partial charge in [-0.05, 0) is 44.9 Å². The number of nitrogens with zero attached hydrogens (tertiary/aromatic N) is 3. The van der Waals surface area contributed by atoms with Crippen LogP contribution >= 0.6 is 11.8 Å². The van der Waals surface area contributed by atoms with Crippen molar-refractivity contribution in [2.24, 2.45) is 10.1 Å². The SMILES string of the molecule is Cc1cc(C2=NNC(=Nc3ccccc3)SC2)c(C)n1CC1CCCO1. The van der Waals surface area contributed by atoms with E-state index in [-0.39, 0.29) is 0 Å². The predicted molar refractivity (Wildman–Crippen MR) is 109 cm³/mol. The maximum atomic E-state index is 5.81. The third-order valence-electron chi connectivity index (χ3n) is 4.91. The van der Waals surface area contributed by atoms with Crippen molar-refractivity contribution in [2.75, 3.05) is 12.4 Å². The Kier molecular flexibility index (Phi) is 5.13. The number of nitrogens with one attached hydrogen (secondary N) is 1. The van der Waals surface area contributed by atoms with E-state index in [1.165, 1.54) is 23.4 Å². The lowest BCUT2D eigenvalue weighted by Crippen LogP contribution is -2.25. The summed E-state index contributed by atoms with van der Waals surface area (Å²) in [6.45, 7) is 6.18. The van der Waals surface area contributed by atoms with Crippen molar-refractivity contribution in [1.29, 1.82) is 0 Å². The summed E-state index contributed by atoms with van der Waals surface area (Å²) >= 11 is 1.69. The first-order valence-electron chi connectivity index (χ1n) is 9.08. The summed E-state index contributed by atoms with van der Waals surface area (Å²) in [5, 5.41) is 5.44. The second-order valence-electron chi connectivity index (χ2n) is 6.74. The molecule has 0 saturated carbocycles. The maximum Gasteiger partial charge on any atom is 0.182 e. The zero-order chi connectivity index (χ0) is 17.9. The van der Waals surface area contributed by atoms with Crippen LogP contribution in [0.15, 0.2) is 46.5 Å². The van der Waals surface area contributed by atoms with E-state index in [0.29, 0.717) is 6.10 Å². The Hall–Kier alpha value is -2.05. The van der Waals surface area contributed by atoms with E-state index in [9.17, 15) is 0 Å². The van der Waals surface area contributed by atoms with E-state index in [0.717, 1.165) is 41.9 Å². The lowest BCUT2D eigenvalue weighted by atomic mass is 10.1. The van der Waals surface area contributed by atoms with Crippen LogP contribution < -0.4 is 5.43 Å². The molecule has 6 heteroatoms. The first-order valence-corrected chi connectivity index (χ1v) is 10.1. The number of hydrogen-bond acceptors (Lipinski definition) is 4. The first kappa shape index (κ1) is 17.4. The molecule has 1 saturated heterocycles. The topological polar surface area (TPSA) is 50.9 Å². The van der Waals surface area contributed by atoms with Gasteiger partial charge in [-0.3, -0.25) is 5.43 Å². The molecule has 4 rings (SSSR count). The van der Waals surface area contributed by atoms with Crippen molar-refractivity contribution in [3.8, 4) is 0 Å². The van der Waals surface area contributed by atoms with Gasteiger partial charge < -0.3 is 9.30 Å². The highest BCUT2D eigenvalue weighted by Gasteiger charge is 2.22. The van der Waals surface area contributed by atoms with Crippen molar-refractivity contribution in [2.45, 2.75) is 39.3 Å². The van der Waals surface area contributed by atoms with E-state index in [2.05, 4.69) is 40.0 Å². The Labute approximate surface area is 158 Å². The van der Waals surface area contributed by atoms with Crippen molar-refractivity contribution < 1.29 is 4.74 Å². The van der Waals surface area contributed by atoms with Gasteiger partial charge in [-0.2, -0.15) is 5.10 Å². The van der Waals surface area contributed by atoms with Crippen LogP contribution in [0.3, 0.4) is 0 Å². The number of thioether (sulfide) groups is 1.